The fourth-order valence-corrected chi connectivity index (χ4v) is 2.32. The van der Waals surface area contributed by atoms with Gasteiger partial charge in [0.15, 0.2) is 0 Å². The van der Waals surface area contributed by atoms with Gasteiger partial charge in [0, 0.05) is 17.6 Å². The third-order valence-corrected chi connectivity index (χ3v) is 3.54. The minimum absolute atomic E-state index is 0.0956. The van der Waals surface area contributed by atoms with Crippen LogP contribution in [0.1, 0.15) is 12.8 Å². The summed E-state index contributed by atoms with van der Waals surface area (Å²) in [6.45, 7) is 2.12. The average molecular weight is 328 g/mol. The molecule has 0 aromatic heterocycles. The molecule has 1 fully saturated rings. The molecule has 1 aliphatic carbocycles. The van der Waals surface area contributed by atoms with Crippen molar-refractivity contribution in [1.29, 1.82) is 0 Å². The quantitative estimate of drug-likeness (QED) is 0.797. The second kappa shape index (κ2) is 6.91. The number of halogens is 1. The number of hydrogen-bond donors (Lipinski definition) is 1. The van der Waals surface area contributed by atoms with Crippen LogP contribution in [0.4, 0.5) is 0 Å². The molecule has 0 saturated heterocycles. The normalized spacial score (nSPS) is 14.6. The molecule has 1 saturated carbocycles. The largest absolute Gasteiger partial charge is 0.492 e. The molecule has 0 radical (unpaired) electrons. The number of rotatable bonds is 8. The van der Waals surface area contributed by atoms with Crippen LogP contribution in [0.25, 0.3) is 0 Å². The zero-order chi connectivity index (χ0) is 13.7. The van der Waals surface area contributed by atoms with Crippen molar-refractivity contribution in [2.45, 2.75) is 12.8 Å². The Morgan fingerprint density at radius 1 is 1.47 bits per heavy atom. The van der Waals surface area contributed by atoms with E-state index < -0.39 is 5.97 Å². The van der Waals surface area contributed by atoms with E-state index in [9.17, 15) is 4.79 Å². The molecular formula is C14H18BrNO3. The highest BCUT2D eigenvalue weighted by atomic mass is 79.9. The molecule has 1 N–H and O–H groups in total. The third-order valence-electron chi connectivity index (χ3n) is 3.04. The van der Waals surface area contributed by atoms with Gasteiger partial charge in [0.1, 0.15) is 12.4 Å². The van der Waals surface area contributed by atoms with E-state index in [1.165, 1.54) is 12.8 Å². The second-order valence-corrected chi connectivity index (χ2v) is 5.79. The molecule has 104 valence electrons. The zero-order valence-corrected chi connectivity index (χ0v) is 12.3. The summed E-state index contributed by atoms with van der Waals surface area (Å²) in [4.78, 5) is 12.8. The fourth-order valence-electron chi connectivity index (χ4n) is 1.94. The molecule has 0 unspecified atom stereocenters. The van der Waals surface area contributed by atoms with E-state index in [1.807, 2.05) is 29.2 Å². The van der Waals surface area contributed by atoms with Crippen molar-refractivity contribution >= 4 is 21.9 Å². The van der Waals surface area contributed by atoms with Crippen molar-refractivity contribution in [2.75, 3.05) is 26.2 Å². The SMILES string of the molecule is O=C(O)CN(CCOc1cccc(Br)c1)CC1CC1. The predicted molar refractivity (Wildman–Crippen MR) is 76.4 cm³/mol. The lowest BCUT2D eigenvalue weighted by Gasteiger charge is -2.20. The van der Waals surface area contributed by atoms with Crippen LogP contribution < -0.4 is 4.74 Å². The highest BCUT2D eigenvalue weighted by Gasteiger charge is 2.25. The highest BCUT2D eigenvalue weighted by molar-refractivity contribution is 9.10. The van der Waals surface area contributed by atoms with E-state index in [1.54, 1.807) is 0 Å². The van der Waals surface area contributed by atoms with Crippen LogP contribution in [0.5, 0.6) is 5.75 Å². The van der Waals surface area contributed by atoms with Gasteiger partial charge < -0.3 is 9.84 Å². The van der Waals surface area contributed by atoms with Crippen LogP contribution in [0.2, 0.25) is 0 Å². The number of nitrogens with zero attached hydrogens (tertiary/aromatic N) is 1. The summed E-state index contributed by atoms with van der Waals surface area (Å²) in [7, 11) is 0. The van der Waals surface area contributed by atoms with Crippen LogP contribution in [-0.4, -0.2) is 42.2 Å². The lowest BCUT2D eigenvalue weighted by Crippen LogP contribution is -2.35. The summed E-state index contributed by atoms with van der Waals surface area (Å²) in [6, 6.07) is 7.66. The monoisotopic (exact) mass is 327 g/mol. The predicted octanol–water partition coefficient (Wildman–Crippen LogP) is 2.62. The molecule has 5 heteroatoms. The first-order valence-electron chi connectivity index (χ1n) is 6.46. The molecule has 1 aliphatic rings. The second-order valence-electron chi connectivity index (χ2n) is 4.88. The zero-order valence-electron chi connectivity index (χ0n) is 10.7. The Kier molecular flexibility index (Phi) is 5.22. The van der Waals surface area contributed by atoms with Crippen molar-refractivity contribution in [3.8, 4) is 5.75 Å². The van der Waals surface area contributed by atoms with Gasteiger partial charge in [-0.1, -0.05) is 22.0 Å². The Balaban J connectivity index is 1.75. The van der Waals surface area contributed by atoms with Crippen LogP contribution in [-0.2, 0) is 4.79 Å². The molecule has 4 nitrogen and oxygen atoms in total. The Morgan fingerprint density at radius 3 is 2.89 bits per heavy atom. The number of carboxylic acids is 1. The number of carboxylic acid groups (broad SMARTS) is 1. The molecule has 19 heavy (non-hydrogen) atoms. The molecule has 1 aromatic carbocycles. The molecule has 0 atom stereocenters. The number of hydrogen-bond acceptors (Lipinski definition) is 3. The molecule has 2 rings (SSSR count). The van der Waals surface area contributed by atoms with Gasteiger partial charge in [0.05, 0.1) is 6.54 Å². The van der Waals surface area contributed by atoms with Crippen LogP contribution in [0.15, 0.2) is 28.7 Å². The van der Waals surface area contributed by atoms with E-state index in [4.69, 9.17) is 9.84 Å². The van der Waals surface area contributed by atoms with Crippen LogP contribution in [0.3, 0.4) is 0 Å². The Labute approximate surface area is 121 Å². The molecule has 0 heterocycles. The summed E-state index contributed by atoms with van der Waals surface area (Å²) in [5.41, 5.74) is 0. The maximum atomic E-state index is 10.8. The summed E-state index contributed by atoms with van der Waals surface area (Å²) in [6.07, 6.45) is 2.45. The van der Waals surface area contributed by atoms with Crippen molar-refractivity contribution in [3.05, 3.63) is 28.7 Å². The van der Waals surface area contributed by atoms with Crippen LogP contribution >= 0.6 is 15.9 Å². The topological polar surface area (TPSA) is 49.8 Å². The number of carbonyl (C=O) groups is 1. The van der Waals surface area contributed by atoms with E-state index in [-0.39, 0.29) is 6.54 Å². The Bertz CT molecular complexity index is 434. The minimum Gasteiger partial charge on any atom is -0.492 e. The van der Waals surface area contributed by atoms with Crippen molar-refractivity contribution in [2.24, 2.45) is 5.92 Å². The first kappa shape index (κ1) is 14.3. The lowest BCUT2D eigenvalue weighted by atomic mass is 10.3. The lowest BCUT2D eigenvalue weighted by molar-refractivity contribution is -0.138. The number of benzene rings is 1. The van der Waals surface area contributed by atoms with Crippen LogP contribution in [0, 0.1) is 5.92 Å². The van der Waals surface area contributed by atoms with Gasteiger partial charge in [-0.15, -0.1) is 0 Å². The average Bonchev–Trinajstić information content (AvgIpc) is 3.12. The van der Waals surface area contributed by atoms with E-state index in [0.29, 0.717) is 19.1 Å². The van der Waals surface area contributed by atoms with Gasteiger partial charge >= 0.3 is 5.97 Å². The van der Waals surface area contributed by atoms with Gasteiger partial charge in [-0.05, 0) is 37.0 Å². The van der Waals surface area contributed by atoms with Gasteiger partial charge in [0.2, 0.25) is 0 Å². The third kappa shape index (κ3) is 5.61. The maximum absolute atomic E-state index is 10.8. The van der Waals surface area contributed by atoms with Gasteiger partial charge in [-0.25, -0.2) is 0 Å². The molecule has 1 aromatic rings. The Morgan fingerprint density at radius 2 is 2.26 bits per heavy atom. The minimum atomic E-state index is -0.775. The highest BCUT2D eigenvalue weighted by Crippen LogP contribution is 2.29. The first-order valence-corrected chi connectivity index (χ1v) is 7.25. The molecule has 0 spiro atoms. The van der Waals surface area contributed by atoms with Crippen molar-refractivity contribution in [3.63, 3.8) is 0 Å². The van der Waals surface area contributed by atoms with Crippen molar-refractivity contribution < 1.29 is 14.6 Å². The summed E-state index contributed by atoms with van der Waals surface area (Å²) >= 11 is 3.39. The van der Waals surface area contributed by atoms with Gasteiger partial charge in [-0.2, -0.15) is 0 Å². The summed E-state index contributed by atoms with van der Waals surface area (Å²) < 4.78 is 6.61. The van der Waals surface area contributed by atoms with E-state index in [0.717, 1.165) is 16.8 Å². The fraction of sp³-hybridized carbons (Fsp3) is 0.500. The van der Waals surface area contributed by atoms with Crippen molar-refractivity contribution in [1.82, 2.24) is 4.90 Å². The molecule has 0 bridgehead atoms. The smallest absolute Gasteiger partial charge is 0.317 e. The standard InChI is InChI=1S/C14H18BrNO3/c15-12-2-1-3-13(8-12)19-7-6-16(10-14(17)18)9-11-4-5-11/h1-3,8,11H,4-7,9-10H2,(H,17,18). The van der Waals surface area contributed by atoms with E-state index >= 15 is 0 Å². The molecule has 0 amide bonds. The molecule has 0 aliphatic heterocycles. The Hall–Kier alpha value is -1.07. The number of aliphatic carboxylic acids is 1. The summed E-state index contributed by atoms with van der Waals surface area (Å²) in [5, 5.41) is 8.88. The van der Waals surface area contributed by atoms with E-state index in [2.05, 4.69) is 15.9 Å². The first-order chi connectivity index (χ1) is 9.13. The molecular weight excluding hydrogens is 310 g/mol. The summed E-state index contributed by atoms with van der Waals surface area (Å²) in [5.74, 6) is 0.712. The van der Waals surface area contributed by atoms with Gasteiger partial charge in [0.25, 0.3) is 0 Å². The van der Waals surface area contributed by atoms with Gasteiger partial charge in [-0.3, -0.25) is 9.69 Å². The number of ether oxygens (including phenoxy) is 1. The maximum Gasteiger partial charge on any atom is 0.317 e.